The van der Waals surface area contributed by atoms with Gasteiger partial charge in [-0.3, -0.25) is 4.98 Å². The van der Waals surface area contributed by atoms with Gasteiger partial charge in [-0.15, -0.1) is 0 Å². The van der Waals surface area contributed by atoms with Crippen molar-refractivity contribution in [2.24, 2.45) is 0 Å². The summed E-state index contributed by atoms with van der Waals surface area (Å²) in [6, 6.07) is 2.07. The van der Waals surface area contributed by atoms with E-state index in [1.807, 2.05) is 6.20 Å². The molecule has 0 amide bonds. The third-order valence-corrected chi connectivity index (χ3v) is 2.43. The van der Waals surface area contributed by atoms with Gasteiger partial charge in [0.2, 0.25) is 0 Å². The first-order chi connectivity index (χ1) is 5.13. The van der Waals surface area contributed by atoms with Crippen LogP contribution in [0, 0.1) is 13.8 Å². The second-order valence-electron chi connectivity index (χ2n) is 2.74. The minimum absolute atomic E-state index is 0.557. The van der Waals surface area contributed by atoms with Gasteiger partial charge >= 0.3 is 0 Å². The monoisotopic (exact) mass is 261 g/mol. The van der Waals surface area contributed by atoms with Gasteiger partial charge in [0.05, 0.1) is 0 Å². The van der Waals surface area contributed by atoms with Crippen LogP contribution in [0.25, 0.3) is 0 Å². The number of rotatable bonds is 1. The molecule has 1 heterocycles. The molecule has 0 radical (unpaired) electrons. The predicted octanol–water partition coefficient (Wildman–Crippen LogP) is 3.19. The number of alkyl halides is 1. The summed E-state index contributed by atoms with van der Waals surface area (Å²) in [5.41, 5.74) is 3.89. The number of aromatic nitrogens is 1. The molecule has 1 aromatic rings. The first-order valence-electron chi connectivity index (χ1n) is 3.69. The van der Waals surface area contributed by atoms with E-state index < -0.39 is 0 Å². The smallest absolute Gasteiger partial charge is 0.0417 e. The Bertz CT molecular complexity index is 235. The highest BCUT2D eigenvalue weighted by molar-refractivity contribution is 14.1. The van der Waals surface area contributed by atoms with Crippen LogP contribution in [-0.4, -0.2) is 4.98 Å². The minimum Gasteiger partial charge on any atom is -0.261 e. The van der Waals surface area contributed by atoms with Crippen molar-refractivity contribution in [1.29, 1.82) is 0 Å². The summed E-state index contributed by atoms with van der Waals surface area (Å²) in [6.45, 7) is 6.40. The summed E-state index contributed by atoms with van der Waals surface area (Å²) in [6.07, 6.45) is 1.87. The molecule has 0 fully saturated rings. The Balaban J connectivity index is 3.21. The van der Waals surface area contributed by atoms with Crippen LogP contribution in [0.1, 0.15) is 27.7 Å². The zero-order valence-electron chi connectivity index (χ0n) is 7.06. The van der Waals surface area contributed by atoms with Crippen LogP contribution in [0.2, 0.25) is 0 Å². The van der Waals surface area contributed by atoms with Gasteiger partial charge in [-0.1, -0.05) is 22.6 Å². The maximum absolute atomic E-state index is 4.26. The van der Waals surface area contributed by atoms with E-state index in [4.69, 9.17) is 0 Å². The van der Waals surface area contributed by atoms with E-state index in [0.717, 1.165) is 5.69 Å². The topological polar surface area (TPSA) is 12.9 Å². The number of halogens is 1. The molecule has 0 spiro atoms. The average molecular weight is 261 g/mol. The van der Waals surface area contributed by atoms with Crippen LogP contribution in [0.4, 0.5) is 0 Å². The Morgan fingerprint density at radius 1 is 1.45 bits per heavy atom. The third kappa shape index (κ3) is 1.92. The van der Waals surface area contributed by atoms with Crippen LogP contribution in [0.3, 0.4) is 0 Å². The SMILES string of the molecule is Cc1ccnc(C)c1C(C)I. The van der Waals surface area contributed by atoms with Crippen molar-refractivity contribution in [1.82, 2.24) is 4.98 Å². The van der Waals surface area contributed by atoms with E-state index in [1.54, 1.807) is 0 Å². The first-order valence-corrected chi connectivity index (χ1v) is 4.93. The molecule has 0 aliphatic carbocycles. The molecule has 0 saturated carbocycles. The molecular weight excluding hydrogens is 249 g/mol. The normalized spacial score (nSPS) is 13.1. The van der Waals surface area contributed by atoms with Gasteiger partial charge in [-0.2, -0.15) is 0 Å². The van der Waals surface area contributed by atoms with Crippen molar-refractivity contribution in [2.45, 2.75) is 24.7 Å². The number of pyridine rings is 1. The summed E-state index contributed by atoms with van der Waals surface area (Å²) >= 11 is 2.42. The Morgan fingerprint density at radius 2 is 2.09 bits per heavy atom. The van der Waals surface area contributed by atoms with Gasteiger partial charge in [0.25, 0.3) is 0 Å². The highest BCUT2D eigenvalue weighted by atomic mass is 127. The fourth-order valence-electron chi connectivity index (χ4n) is 1.31. The van der Waals surface area contributed by atoms with Crippen LogP contribution in [0.5, 0.6) is 0 Å². The lowest BCUT2D eigenvalue weighted by Gasteiger charge is -2.09. The first kappa shape index (κ1) is 8.97. The zero-order valence-corrected chi connectivity index (χ0v) is 9.21. The standard InChI is InChI=1S/C9H12IN/c1-6-4-5-11-8(3)9(6)7(2)10/h4-5,7H,1-3H3. The molecule has 1 atom stereocenters. The highest BCUT2D eigenvalue weighted by Gasteiger charge is 2.07. The Hall–Kier alpha value is -0.120. The van der Waals surface area contributed by atoms with Crippen molar-refractivity contribution in [3.05, 3.63) is 29.1 Å². The van der Waals surface area contributed by atoms with E-state index in [2.05, 4.69) is 54.4 Å². The molecule has 0 N–H and O–H groups in total. The number of hydrogen-bond donors (Lipinski definition) is 0. The van der Waals surface area contributed by atoms with Crippen LogP contribution in [-0.2, 0) is 0 Å². The summed E-state index contributed by atoms with van der Waals surface area (Å²) in [7, 11) is 0. The molecule has 1 rings (SSSR count). The van der Waals surface area contributed by atoms with E-state index >= 15 is 0 Å². The summed E-state index contributed by atoms with van der Waals surface area (Å²) in [5.74, 6) is 0. The van der Waals surface area contributed by atoms with Crippen molar-refractivity contribution in [2.75, 3.05) is 0 Å². The van der Waals surface area contributed by atoms with Crippen molar-refractivity contribution in [3.8, 4) is 0 Å². The zero-order chi connectivity index (χ0) is 8.43. The number of nitrogens with zero attached hydrogens (tertiary/aromatic N) is 1. The van der Waals surface area contributed by atoms with E-state index in [9.17, 15) is 0 Å². The second kappa shape index (κ2) is 3.52. The maximum atomic E-state index is 4.26. The Labute approximate surface area is 81.4 Å². The van der Waals surface area contributed by atoms with E-state index in [-0.39, 0.29) is 0 Å². The molecule has 60 valence electrons. The van der Waals surface area contributed by atoms with Crippen LogP contribution in [0.15, 0.2) is 12.3 Å². The summed E-state index contributed by atoms with van der Waals surface area (Å²) in [5, 5.41) is 0. The second-order valence-corrected chi connectivity index (χ2v) is 4.61. The fourth-order valence-corrected chi connectivity index (χ4v) is 2.25. The lowest BCUT2D eigenvalue weighted by Crippen LogP contribution is -1.95. The third-order valence-electron chi connectivity index (χ3n) is 1.81. The van der Waals surface area contributed by atoms with Crippen molar-refractivity contribution < 1.29 is 0 Å². The van der Waals surface area contributed by atoms with E-state index in [1.165, 1.54) is 11.1 Å². The molecule has 1 aromatic heterocycles. The molecule has 0 saturated heterocycles. The lowest BCUT2D eigenvalue weighted by molar-refractivity contribution is 1.03. The molecule has 0 aliphatic heterocycles. The molecule has 2 heteroatoms. The molecule has 0 aliphatic rings. The van der Waals surface area contributed by atoms with Gasteiger partial charge < -0.3 is 0 Å². The Morgan fingerprint density at radius 3 is 2.45 bits per heavy atom. The largest absolute Gasteiger partial charge is 0.261 e. The maximum Gasteiger partial charge on any atom is 0.0417 e. The molecule has 1 unspecified atom stereocenters. The summed E-state index contributed by atoms with van der Waals surface area (Å²) < 4.78 is 0.557. The molecule has 0 bridgehead atoms. The number of aryl methyl sites for hydroxylation is 2. The van der Waals surface area contributed by atoms with Gasteiger partial charge in [0, 0.05) is 15.8 Å². The van der Waals surface area contributed by atoms with Crippen LogP contribution < -0.4 is 0 Å². The highest BCUT2D eigenvalue weighted by Crippen LogP contribution is 2.26. The quantitative estimate of drug-likeness (QED) is 0.558. The van der Waals surface area contributed by atoms with Gasteiger partial charge in [-0.25, -0.2) is 0 Å². The summed E-state index contributed by atoms with van der Waals surface area (Å²) in [4.78, 5) is 4.26. The van der Waals surface area contributed by atoms with Crippen molar-refractivity contribution >= 4 is 22.6 Å². The Kier molecular flexibility index (Phi) is 2.87. The molecule has 0 aromatic carbocycles. The molecule has 11 heavy (non-hydrogen) atoms. The van der Waals surface area contributed by atoms with Gasteiger partial charge in [-0.05, 0) is 38.0 Å². The number of hydrogen-bond acceptors (Lipinski definition) is 1. The predicted molar refractivity (Wildman–Crippen MR) is 56.1 cm³/mol. The van der Waals surface area contributed by atoms with E-state index in [0.29, 0.717) is 3.92 Å². The molecule has 1 nitrogen and oxygen atoms in total. The minimum atomic E-state index is 0.557. The average Bonchev–Trinajstić information content (AvgIpc) is 1.85. The lowest BCUT2D eigenvalue weighted by atomic mass is 10.1. The molecular formula is C9H12IN. The van der Waals surface area contributed by atoms with Gasteiger partial charge in [0.15, 0.2) is 0 Å². The van der Waals surface area contributed by atoms with Crippen LogP contribution >= 0.6 is 22.6 Å². The fraction of sp³-hybridized carbons (Fsp3) is 0.444. The van der Waals surface area contributed by atoms with Gasteiger partial charge in [0.1, 0.15) is 0 Å². The van der Waals surface area contributed by atoms with Crippen molar-refractivity contribution in [3.63, 3.8) is 0 Å².